The first-order valence-electron chi connectivity index (χ1n) is 7.71. The summed E-state index contributed by atoms with van der Waals surface area (Å²) in [6.45, 7) is 11.7. The number of aromatic nitrogens is 1. The third-order valence-corrected chi connectivity index (χ3v) is 4.37. The Hall–Kier alpha value is -1.14. The molecule has 1 rings (SSSR count). The highest BCUT2D eigenvalue weighted by molar-refractivity contribution is 7.09. The van der Waals surface area contributed by atoms with Crippen LogP contribution in [0, 0.1) is 5.41 Å². The normalized spacial score (nSPS) is 12.3. The number of urea groups is 1. The lowest BCUT2D eigenvalue weighted by atomic mass is 9.90. The number of thiazole rings is 1. The van der Waals surface area contributed by atoms with E-state index in [-0.39, 0.29) is 23.5 Å². The number of nitrogens with zero attached hydrogens (tertiary/aromatic N) is 1. The van der Waals surface area contributed by atoms with E-state index in [1.54, 1.807) is 11.3 Å². The number of rotatable bonds is 7. The smallest absolute Gasteiger partial charge is 0.314 e. The summed E-state index contributed by atoms with van der Waals surface area (Å²) in [7, 11) is 0. The highest BCUT2D eigenvalue weighted by atomic mass is 32.1. The number of aliphatic hydroxyl groups excluding tert-OH is 1. The number of aliphatic hydroxyl groups is 1. The number of amides is 2. The fraction of sp³-hybridized carbons (Fsp3) is 0.750. The first kappa shape index (κ1) is 18.9. The Kier molecular flexibility index (Phi) is 6.81. The van der Waals surface area contributed by atoms with Crippen molar-refractivity contribution in [2.45, 2.75) is 52.9 Å². The van der Waals surface area contributed by atoms with Crippen molar-refractivity contribution in [2.75, 3.05) is 19.7 Å². The van der Waals surface area contributed by atoms with E-state index in [0.717, 1.165) is 17.1 Å². The minimum atomic E-state index is -0.168. The molecule has 0 aromatic carbocycles. The third kappa shape index (κ3) is 6.75. The summed E-state index contributed by atoms with van der Waals surface area (Å²) in [6.07, 6.45) is 1.41. The van der Waals surface area contributed by atoms with Gasteiger partial charge in [0.25, 0.3) is 0 Å². The molecule has 0 saturated carbocycles. The van der Waals surface area contributed by atoms with E-state index in [0.29, 0.717) is 19.5 Å². The molecule has 0 bridgehead atoms. The largest absolute Gasteiger partial charge is 0.396 e. The second-order valence-electron chi connectivity index (χ2n) is 7.37. The minimum absolute atomic E-state index is 0.0673. The molecule has 6 heteroatoms. The zero-order chi connectivity index (χ0) is 16.8. The molecule has 5 nitrogen and oxygen atoms in total. The summed E-state index contributed by atoms with van der Waals surface area (Å²) in [6, 6.07) is -0.168. The van der Waals surface area contributed by atoms with Crippen LogP contribution in [0.25, 0.3) is 0 Å². The topological polar surface area (TPSA) is 74.2 Å². The van der Waals surface area contributed by atoms with E-state index < -0.39 is 0 Å². The van der Waals surface area contributed by atoms with Crippen LogP contribution in [0.4, 0.5) is 4.79 Å². The summed E-state index contributed by atoms with van der Waals surface area (Å²) in [5, 5.41) is 17.8. The van der Waals surface area contributed by atoms with Crippen LogP contribution in [-0.2, 0) is 11.8 Å². The van der Waals surface area contributed by atoms with Crippen molar-refractivity contribution in [2.24, 2.45) is 5.41 Å². The predicted octanol–water partition coefficient (Wildman–Crippen LogP) is 2.69. The number of nitrogens with one attached hydrogen (secondary N) is 2. The Labute approximate surface area is 137 Å². The zero-order valence-electron chi connectivity index (χ0n) is 14.3. The van der Waals surface area contributed by atoms with Crippen molar-refractivity contribution in [3.8, 4) is 0 Å². The maximum absolute atomic E-state index is 11.7. The quantitative estimate of drug-likeness (QED) is 0.721. The third-order valence-electron chi connectivity index (χ3n) is 3.46. The van der Waals surface area contributed by atoms with Gasteiger partial charge in [0.2, 0.25) is 0 Å². The van der Waals surface area contributed by atoms with Crippen molar-refractivity contribution in [1.29, 1.82) is 0 Å². The lowest BCUT2D eigenvalue weighted by molar-refractivity contribution is 0.201. The van der Waals surface area contributed by atoms with Crippen LogP contribution in [0.15, 0.2) is 5.38 Å². The van der Waals surface area contributed by atoms with Crippen molar-refractivity contribution >= 4 is 17.4 Å². The van der Waals surface area contributed by atoms with Crippen LogP contribution in [0.1, 0.15) is 51.7 Å². The van der Waals surface area contributed by atoms with Crippen LogP contribution in [0.2, 0.25) is 0 Å². The van der Waals surface area contributed by atoms with Crippen LogP contribution < -0.4 is 10.6 Å². The van der Waals surface area contributed by atoms with Gasteiger partial charge in [0.15, 0.2) is 0 Å². The molecule has 1 aromatic heterocycles. The van der Waals surface area contributed by atoms with E-state index in [9.17, 15) is 4.79 Å². The molecule has 0 atom stereocenters. The zero-order valence-corrected chi connectivity index (χ0v) is 15.1. The van der Waals surface area contributed by atoms with Gasteiger partial charge in [0, 0.05) is 36.9 Å². The maximum atomic E-state index is 11.7. The molecule has 126 valence electrons. The Morgan fingerprint density at radius 1 is 1.27 bits per heavy atom. The standard InChI is InChI=1S/C16H29N3O2S/c1-15(2,3)12-10-22-13(19-12)6-8-17-14(21)18-11-16(4,5)7-9-20/h10,20H,6-9,11H2,1-5H3,(H2,17,18,21). The fourth-order valence-electron chi connectivity index (χ4n) is 1.83. The summed E-state index contributed by atoms with van der Waals surface area (Å²) in [5.74, 6) is 0. The van der Waals surface area contributed by atoms with Gasteiger partial charge >= 0.3 is 6.03 Å². The van der Waals surface area contributed by atoms with Crippen LogP contribution in [-0.4, -0.2) is 35.8 Å². The molecule has 0 saturated heterocycles. The molecule has 0 aliphatic heterocycles. The molecule has 1 aromatic rings. The first-order chi connectivity index (χ1) is 10.1. The van der Waals surface area contributed by atoms with E-state index in [1.807, 2.05) is 13.8 Å². The average molecular weight is 327 g/mol. The maximum Gasteiger partial charge on any atom is 0.314 e. The highest BCUT2D eigenvalue weighted by Crippen LogP contribution is 2.23. The van der Waals surface area contributed by atoms with Gasteiger partial charge in [-0.3, -0.25) is 0 Å². The summed E-state index contributed by atoms with van der Waals surface area (Å²) >= 11 is 1.64. The molecule has 1 heterocycles. The van der Waals surface area contributed by atoms with Gasteiger partial charge in [-0.1, -0.05) is 34.6 Å². The molecular weight excluding hydrogens is 298 g/mol. The SMILES string of the molecule is CC(C)(CCO)CNC(=O)NCCc1nc(C(C)(C)C)cs1. The molecule has 0 radical (unpaired) electrons. The Bertz CT molecular complexity index is 478. The van der Waals surface area contributed by atoms with E-state index in [1.165, 1.54) is 0 Å². The van der Waals surface area contributed by atoms with Gasteiger partial charge < -0.3 is 15.7 Å². The van der Waals surface area contributed by atoms with Gasteiger partial charge in [-0.25, -0.2) is 9.78 Å². The van der Waals surface area contributed by atoms with Gasteiger partial charge in [0.05, 0.1) is 10.7 Å². The molecule has 3 N–H and O–H groups in total. The van der Waals surface area contributed by atoms with Crippen LogP contribution >= 0.6 is 11.3 Å². The Morgan fingerprint density at radius 2 is 1.95 bits per heavy atom. The molecule has 0 fully saturated rings. The van der Waals surface area contributed by atoms with Crippen LogP contribution in [0.3, 0.4) is 0 Å². The highest BCUT2D eigenvalue weighted by Gasteiger charge is 2.18. The van der Waals surface area contributed by atoms with Crippen molar-refractivity contribution < 1.29 is 9.90 Å². The van der Waals surface area contributed by atoms with Gasteiger partial charge in [-0.2, -0.15) is 0 Å². The second kappa shape index (κ2) is 7.92. The number of carbonyl (C=O) groups is 1. The Balaban J connectivity index is 2.29. The van der Waals surface area contributed by atoms with Gasteiger partial charge in [-0.05, 0) is 11.8 Å². The minimum Gasteiger partial charge on any atom is -0.396 e. The first-order valence-corrected chi connectivity index (χ1v) is 8.59. The number of hydrogen-bond acceptors (Lipinski definition) is 4. The lowest BCUT2D eigenvalue weighted by Crippen LogP contribution is -2.41. The number of carbonyl (C=O) groups excluding carboxylic acids is 1. The summed E-state index contributed by atoms with van der Waals surface area (Å²) < 4.78 is 0. The molecule has 0 unspecified atom stereocenters. The lowest BCUT2D eigenvalue weighted by Gasteiger charge is -2.23. The van der Waals surface area contributed by atoms with Crippen molar-refractivity contribution in [1.82, 2.24) is 15.6 Å². The fourth-order valence-corrected chi connectivity index (χ4v) is 2.85. The molecule has 0 spiro atoms. The van der Waals surface area contributed by atoms with Crippen molar-refractivity contribution in [3.05, 3.63) is 16.1 Å². The predicted molar refractivity (Wildman–Crippen MR) is 91.4 cm³/mol. The number of hydrogen-bond donors (Lipinski definition) is 3. The van der Waals surface area contributed by atoms with Crippen molar-refractivity contribution in [3.63, 3.8) is 0 Å². The molecule has 22 heavy (non-hydrogen) atoms. The molecule has 2 amide bonds. The molecule has 0 aliphatic carbocycles. The van der Waals surface area contributed by atoms with Gasteiger partial charge in [-0.15, -0.1) is 11.3 Å². The molecular formula is C16H29N3O2S. The average Bonchev–Trinajstić information content (AvgIpc) is 2.85. The van der Waals surface area contributed by atoms with Gasteiger partial charge in [0.1, 0.15) is 0 Å². The second-order valence-corrected chi connectivity index (χ2v) is 8.32. The van der Waals surface area contributed by atoms with Crippen LogP contribution in [0.5, 0.6) is 0 Å². The Morgan fingerprint density at radius 3 is 2.50 bits per heavy atom. The van der Waals surface area contributed by atoms with E-state index in [2.05, 4.69) is 41.8 Å². The monoisotopic (exact) mass is 327 g/mol. The van der Waals surface area contributed by atoms with E-state index in [4.69, 9.17) is 5.11 Å². The van der Waals surface area contributed by atoms with E-state index >= 15 is 0 Å². The molecule has 0 aliphatic rings. The summed E-state index contributed by atoms with van der Waals surface area (Å²) in [5.41, 5.74) is 1.07. The summed E-state index contributed by atoms with van der Waals surface area (Å²) in [4.78, 5) is 16.4.